The van der Waals surface area contributed by atoms with Crippen LogP contribution in [0.3, 0.4) is 0 Å². The van der Waals surface area contributed by atoms with Crippen LogP contribution in [0.15, 0.2) is 53.3 Å². The second-order valence-electron chi connectivity index (χ2n) is 10.9. The summed E-state index contributed by atoms with van der Waals surface area (Å²) in [6.07, 6.45) is -0.632. The molecule has 13 heteroatoms. The third-order valence-electron chi connectivity index (χ3n) is 6.60. The van der Waals surface area contributed by atoms with E-state index in [1.807, 2.05) is 20.8 Å². The number of alkyl halides is 2. The van der Waals surface area contributed by atoms with Crippen molar-refractivity contribution >= 4 is 28.4 Å². The molecule has 0 spiro atoms. The largest absolute Gasteiger partial charge is 0.493 e. The first kappa shape index (κ1) is 29.0. The first-order chi connectivity index (χ1) is 20.1. The number of aromatic nitrogens is 3. The van der Waals surface area contributed by atoms with E-state index < -0.39 is 12.5 Å². The quantitative estimate of drug-likeness (QED) is 0.242. The SMILES string of the molecule is COc1cc2c(Oc3cccc(NC(=O)Nc4cc(C(C)(C)C)on4)c3)ncnc2cc1OC1CCN(CC(F)F)C1. The lowest BCUT2D eigenvalue weighted by Crippen LogP contribution is -2.29. The van der Waals surface area contributed by atoms with Crippen LogP contribution in [0, 0.1) is 0 Å². The van der Waals surface area contributed by atoms with Crippen LogP contribution in [-0.2, 0) is 5.41 Å². The average molecular weight is 583 g/mol. The Kier molecular flexibility index (Phi) is 8.39. The highest BCUT2D eigenvalue weighted by atomic mass is 19.3. The fraction of sp³-hybridized carbons (Fsp3) is 0.379. The molecule has 42 heavy (non-hydrogen) atoms. The highest BCUT2D eigenvalue weighted by Crippen LogP contribution is 2.37. The number of nitrogens with one attached hydrogen (secondary N) is 2. The molecule has 4 aromatic rings. The second-order valence-corrected chi connectivity index (χ2v) is 10.9. The van der Waals surface area contributed by atoms with Crippen LogP contribution in [-0.4, -0.2) is 65.3 Å². The maximum absolute atomic E-state index is 12.8. The molecule has 0 bridgehead atoms. The van der Waals surface area contributed by atoms with Gasteiger partial charge in [0, 0.05) is 42.4 Å². The van der Waals surface area contributed by atoms with Gasteiger partial charge in [-0.3, -0.25) is 10.2 Å². The van der Waals surface area contributed by atoms with Gasteiger partial charge in [-0.15, -0.1) is 0 Å². The van der Waals surface area contributed by atoms with E-state index >= 15 is 0 Å². The number of nitrogens with zero attached hydrogens (tertiary/aromatic N) is 4. The minimum Gasteiger partial charge on any atom is -0.493 e. The van der Waals surface area contributed by atoms with Crippen LogP contribution in [0.2, 0.25) is 0 Å². The number of fused-ring (bicyclic) bond motifs is 1. The zero-order valence-electron chi connectivity index (χ0n) is 23.7. The van der Waals surface area contributed by atoms with Crippen LogP contribution < -0.4 is 24.8 Å². The molecule has 2 aromatic heterocycles. The van der Waals surface area contributed by atoms with Gasteiger partial charge >= 0.3 is 6.03 Å². The van der Waals surface area contributed by atoms with Crippen molar-refractivity contribution in [2.24, 2.45) is 0 Å². The zero-order chi connectivity index (χ0) is 29.9. The van der Waals surface area contributed by atoms with Crippen molar-refractivity contribution in [1.29, 1.82) is 0 Å². The Hall–Kier alpha value is -4.52. The lowest BCUT2D eigenvalue weighted by molar-refractivity contribution is 0.0928. The van der Waals surface area contributed by atoms with Crippen molar-refractivity contribution in [3.8, 4) is 23.1 Å². The van der Waals surface area contributed by atoms with E-state index in [0.717, 1.165) is 0 Å². The van der Waals surface area contributed by atoms with E-state index in [0.29, 0.717) is 64.9 Å². The van der Waals surface area contributed by atoms with Crippen LogP contribution in [0.1, 0.15) is 33.0 Å². The summed E-state index contributed by atoms with van der Waals surface area (Å²) in [5.41, 5.74) is 0.789. The molecule has 1 unspecified atom stereocenters. The zero-order valence-corrected chi connectivity index (χ0v) is 23.7. The predicted molar refractivity (Wildman–Crippen MR) is 152 cm³/mol. The Morgan fingerprint density at radius 1 is 1.14 bits per heavy atom. The fourth-order valence-electron chi connectivity index (χ4n) is 4.52. The number of hydrogen-bond acceptors (Lipinski definition) is 9. The number of amides is 2. The van der Waals surface area contributed by atoms with E-state index in [2.05, 4.69) is 25.8 Å². The molecule has 11 nitrogen and oxygen atoms in total. The molecular formula is C29H32F2N6O5. The lowest BCUT2D eigenvalue weighted by Gasteiger charge is -2.18. The molecule has 5 rings (SSSR count). The molecule has 2 N–H and O–H groups in total. The number of carbonyl (C=O) groups excluding carboxylic acids is 1. The van der Waals surface area contributed by atoms with E-state index in [-0.39, 0.29) is 23.9 Å². The van der Waals surface area contributed by atoms with Gasteiger partial charge in [0.25, 0.3) is 6.43 Å². The van der Waals surface area contributed by atoms with Gasteiger partial charge in [0.05, 0.1) is 24.6 Å². The minimum atomic E-state index is -2.39. The summed E-state index contributed by atoms with van der Waals surface area (Å²) < 4.78 is 48.6. The standard InChI is InChI=1S/C29H32F2N6O5/c1-29(2,3)24-13-26(36-42-24)35-28(38)34-17-6-5-7-18(10-17)41-27-20-11-22(39-4)23(12-21(20)32-16-33-27)40-19-8-9-37(14-19)15-25(30)31/h5-7,10-13,16,19,25H,8-9,14-15H2,1-4H3,(H2,34,35,36,38). The van der Waals surface area contributed by atoms with E-state index in [1.54, 1.807) is 47.4 Å². The molecule has 222 valence electrons. The number of anilines is 2. The van der Waals surface area contributed by atoms with Gasteiger partial charge in [-0.2, -0.15) is 0 Å². The number of likely N-dealkylation sites (tertiary alicyclic amines) is 1. The number of hydrogen-bond donors (Lipinski definition) is 2. The molecule has 1 atom stereocenters. The molecule has 0 aliphatic carbocycles. The Labute approximate surface area is 241 Å². The minimum absolute atomic E-state index is 0.241. The van der Waals surface area contributed by atoms with Gasteiger partial charge in [-0.25, -0.2) is 23.5 Å². The molecule has 2 amide bonds. The first-order valence-electron chi connectivity index (χ1n) is 13.4. The summed E-state index contributed by atoms with van der Waals surface area (Å²) in [6, 6.07) is 11.4. The highest BCUT2D eigenvalue weighted by molar-refractivity contribution is 5.99. The molecule has 2 aromatic carbocycles. The second kappa shape index (κ2) is 12.1. The normalized spacial score (nSPS) is 15.6. The summed E-state index contributed by atoms with van der Waals surface area (Å²) in [5.74, 6) is 2.53. The number of urea groups is 1. The average Bonchev–Trinajstić information content (AvgIpc) is 3.58. The van der Waals surface area contributed by atoms with Crippen LogP contribution in [0.5, 0.6) is 23.1 Å². The Balaban J connectivity index is 1.28. The van der Waals surface area contributed by atoms with Crippen molar-refractivity contribution in [3.63, 3.8) is 0 Å². The van der Waals surface area contributed by atoms with Crippen molar-refractivity contribution < 1.29 is 32.3 Å². The van der Waals surface area contributed by atoms with Crippen LogP contribution in [0.4, 0.5) is 25.1 Å². The lowest BCUT2D eigenvalue weighted by atomic mass is 9.93. The molecule has 3 heterocycles. The monoisotopic (exact) mass is 582 g/mol. The molecule has 1 saturated heterocycles. The molecule has 1 aliphatic rings. The fourth-order valence-corrected chi connectivity index (χ4v) is 4.52. The number of ether oxygens (including phenoxy) is 3. The third-order valence-corrected chi connectivity index (χ3v) is 6.60. The molecular weight excluding hydrogens is 550 g/mol. The molecule has 0 saturated carbocycles. The van der Waals surface area contributed by atoms with Gasteiger partial charge in [0.15, 0.2) is 17.3 Å². The highest BCUT2D eigenvalue weighted by Gasteiger charge is 2.27. The topological polar surface area (TPSA) is 124 Å². The Morgan fingerprint density at radius 2 is 1.98 bits per heavy atom. The summed E-state index contributed by atoms with van der Waals surface area (Å²) >= 11 is 0. The Morgan fingerprint density at radius 3 is 2.71 bits per heavy atom. The molecule has 1 fully saturated rings. The number of methoxy groups -OCH3 is 1. The third kappa shape index (κ3) is 7.03. The maximum atomic E-state index is 12.8. The van der Waals surface area contributed by atoms with Crippen molar-refractivity contribution in [1.82, 2.24) is 20.0 Å². The van der Waals surface area contributed by atoms with Crippen molar-refractivity contribution in [2.45, 2.75) is 45.1 Å². The smallest absolute Gasteiger partial charge is 0.324 e. The molecule has 0 radical (unpaired) electrons. The summed E-state index contributed by atoms with van der Waals surface area (Å²) in [4.78, 5) is 22.9. The number of halogens is 2. The first-order valence-corrected chi connectivity index (χ1v) is 13.4. The predicted octanol–water partition coefficient (Wildman–Crippen LogP) is 6.08. The summed E-state index contributed by atoms with van der Waals surface area (Å²) in [6.45, 7) is 6.62. The summed E-state index contributed by atoms with van der Waals surface area (Å²) in [5, 5.41) is 9.87. The number of benzene rings is 2. The van der Waals surface area contributed by atoms with Gasteiger partial charge in [0.1, 0.15) is 23.9 Å². The van der Waals surface area contributed by atoms with Crippen molar-refractivity contribution in [3.05, 3.63) is 54.6 Å². The van der Waals surface area contributed by atoms with Crippen LogP contribution >= 0.6 is 0 Å². The van der Waals surface area contributed by atoms with E-state index in [1.165, 1.54) is 13.4 Å². The van der Waals surface area contributed by atoms with E-state index in [9.17, 15) is 13.6 Å². The maximum Gasteiger partial charge on any atom is 0.324 e. The van der Waals surface area contributed by atoms with Crippen molar-refractivity contribution in [2.75, 3.05) is 37.4 Å². The van der Waals surface area contributed by atoms with E-state index in [4.69, 9.17) is 18.7 Å². The summed E-state index contributed by atoms with van der Waals surface area (Å²) in [7, 11) is 1.51. The number of carbonyl (C=O) groups is 1. The van der Waals surface area contributed by atoms with Crippen LogP contribution in [0.25, 0.3) is 10.9 Å². The van der Waals surface area contributed by atoms with Gasteiger partial charge in [0.2, 0.25) is 5.88 Å². The molecule has 1 aliphatic heterocycles. The number of rotatable bonds is 9. The van der Waals surface area contributed by atoms with Gasteiger partial charge in [-0.05, 0) is 24.6 Å². The van der Waals surface area contributed by atoms with Gasteiger partial charge in [-0.1, -0.05) is 32.0 Å². The Bertz CT molecular complexity index is 1560. The van der Waals surface area contributed by atoms with Gasteiger partial charge < -0.3 is 24.1 Å².